The van der Waals surface area contributed by atoms with Gasteiger partial charge in [0.1, 0.15) is 0 Å². The molecule has 1 amide bonds. The molecule has 0 aliphatic carbocycles. The first-order chi connectivity index (χ1) is 9.88. The third kappa shape index (κ3) is 3.86. The summed E-state index contributed by atoms with van der Waals surface area (Å²) >= 11 is 9.45. The molecular formula is C17H17BrClNO. The Hall–Kier alpha value is -1.32. The van der Waals surface area contributed by atoms with Crippen LogP contribution in [0.25, 0.3) is 0 Å². The number of halogens is 2. The van der Waals surface area contributed by atoms with Gasteiger partial charge in [-0.3, -0.25) is 4.79 Å². The average Bonchev–Trinajstić information content (AvgIpc) is 2.43. The van der Waals surface area contributed by atoms with Crippen LogP contribution in [-0.4, -0.2) is 5.91 Å². The third-order valence-electron chi connectivity index (χ3n) is 3.42. The summed E-state index contributed by atoms with van der Waals surface area (Å²) in [5, 5.41) is 3.45. The summed E-state index contributed by atoms with van der Waals surface area (Å²) in [7, 11) is 0. The Morgan fingerprint density at radius 3 is 2.62 bits per heavy atom. The van der Waals surface area contributed by atoms with E-state index in [-0.39, 0.29) is 11.9 Å². The normalized spacial score (nSPS) is 12.0. The molecule has 0 aliphatic rings. The molecule has 0 unspecified atom stereocenters. The van der Waals surface area contributed by atoms with Gasteiger partial charge in [0.25, 0.3) is 5.91 Å². The molecule has 2 rings (SSSR count). The Morgan fingerprint density at radius 1 is 1.19 bits per heavy atom. The quantitative estimate of drug-likeness (QED) is 0.793. The minimum atomic E-state index is -0.172. The van der Waals surface area contributed by atoms with Crippen molar-refractivity contribution in [1.29, 1.82) is 0 Å². The molecule has 0 radical (unpaired) electrons. The minimum Gasteiger partial charge on any atom is -0.345 e. The number of aryl methyl sites for hydroxylation is 2. The molecule has 4 heteroatoms. The summed E-state index contributed by atoms with van der Waals surface area (Å²) in [6.07, 6.45) is 0. The predicted molar refractivity (Wildman–Crippen MR) is 90.9 cm³/mol. The molecule has 0 aliphatic heterocycles. The second kappa shape index (κ2) is 6.63. The van der Waals surface area contributed by atoms with Crippen molar-refractivity contribution in [3.05, 3.63) is 68.1 Å². The van der Waals surface area contributed by atoms with E-state index in [9.17, 15) is 4.79 Å². The first kappa shape index (κ1) is 16.1. The van der Waals surface area contributed by atoms with Crippen molar-refractivity contribution >= 4 is 33.4 Å². The number of hydrogen-bond donors (Lipinski definition) is 1. The summed E-state index contributed by atoms with van der Waals surface area (Å²) in [4.78, 5) is 12.4. The van der Waals surface area contributed by atoms with Crippen LogP contribution in [0.15, 0.2) is 40.9 Å². The van der Waals surface area contributed by atoms with Crippen molar-refractivity contribution in [1.82, 2.24) is 5.32 Å². The first-order valence-electron chi connectivity index (χ1n) is 6.71. The van der Waals surface area contributed by atoms with Gasteiger partial charge in [-0.1, -0.05) is 51.3 Å². The summed E-state index contributed by atoms with van der Waals surface area (Å²) in [6.45, 7) is 6.07. The maximum absolute atomic E-state index is 12.4. The van der Waals surface area contributed by atoms with Crippen molar-refractivity contribution in [2.24, 2.45) is 0 Å². The molecule has 110 valence electrons. The fourth-order valence-electron chi connectivity index (χ4n) is 2.25. The van der Waals surface area contributed by atoms with Gasteiger partial charge in [-0.15, -0.1) is 0 Å². The van der Waals surface area contributed by atoms with Crippen molar-refractivity contribution in [3.63, 3.8) is 0 Å². The van der Waals surface area contributed by atoms with Gasteiger partial charge in [0.15, 0.2) is 0 Å². The molecule has 0 spiro atoms. The summed E-state index contributed by atoms with van der Waals surface area (Å²) < 4.78 is 0.830. The number of rotatable bonds is 3. The molecule has 2 aromatic carbocycles. The number of benzene rings is 2. The van der Waals surface area contributed by atoms with Crippen LogP contribution in [0, 0.1) is 13.8 Å². The van der Waals surface area contributed by atoms with Crippen LogP contribution in [-0.2, 0) is 0 Å². The van der Waals surface area contributed by atoms with Crippen LogP contribution in [0.4, 0.5) is 0 Å². The van der Waals surface area contributed by atoms with E-state index < -0.39 is 0 Å². The van der Waals surface area contributed by atoms with Crippen LogP contribution in [0.5, 0.6) is 0 Å². The molecule has 2 nitrogen and oxygen atoms in total. The molecule has 2 aromatic rings. The molecule has 21 heavy (non-hydrogen) atoms. The van der Waals surface area contributed by atoms with Crippen molar-refractivity contribution in [3.8, 4) is 0 Å². The topological polar surface area (TPSA) is 29.1 Å². The number of carbonyl (C=O) groups excluding carboxylic acids is 1. The minimum absolute atomic E-state index is 0.0764. The van der Waals surface area contributed by atoms with Crippen LogP contribution in [0.2, 0.25) is 5.02 Å². The van der Waals surface area contributed by atoms with Gasteiger partial charge >= 0.3 is 0 Å². The van der Waals surface area contributed by atoms with E-state index in [0.717, 1.165) is 15.6 Å². The lowest BCUT2D eigenvalue weighted by molar-refractivity contribution is 0.0940. The summed E-state index contributed by atoms with van der Waals surface area (Å²) in [5.41, 5.74) is 3.93. The third-order valence-corrected chi connectivity index (χ3v) is 4.24. The highest BCUT2D eigenvalue weighted by atomic mass is 79.9. The van der Waals surface area contributed by atoms with Gasteiger partial charge in [-0.2, -0.15) is 0 Å². The Balaban J connectivity index is 2.23. The van der Waals surface area contributed by atoms with E-state index in [1.807, 2.05) is 26.8 Å². The van der Waals surface area contributed by atoms with Gasteiger partial charge in [-0.25, -0.2) is 0 Å². The SMILES string of the molecule is Cc1ccc(C)c([C@@H](C)NC(=O)c2cc(Br)ccc2Cl)c1. The monoisotopic (exact) mass is 365 g/mol. The lowest BCUT2D eigenvalue weighted by Crippen LogP contribution is -2.27. The van der Waals surface area contributed by atoms with Crippen molar-refractivity contribution in [2.75, 3.05) is 0 Å². The zero-order valence-corrected chi connectivity index (χ0v) is 14.5. The fourth-order valence-corrected chi connectivity index (χ4v) is 2.81. The first-order valence-corrected chi connectivity index (χ1v) is 7.88. The lowest BCUT2D eigenvalue weighted by atomic mass is 10.00. The zero-order chi connectivity index (χ0) is 15.6. The lowest BCUT2D eigenvalue weighted by Gasteiger charge is -2.18. The molecule has 1 N–H and O–H groups in total. The molecule has 0 heterocycles. The summed E-state index contributed by atoms with van der Waals surface area (Å²) in [6, 6.07) is 11.4. The molecule has 0 aromatic heterocycles. The largest absolute Gasteiger partial charge is 0.345 e. The van der Waals surface area contributed by atoms with E-state index in [1.54, 1.807) is 12.1 Å². The highest BCUT2D eigenvalue weighted by Gasteiger charge is 2.16. The molecule has 0 bridgehead atoms. The van der Waals surface area contributed by atoms with E-state index in [2.05, 4.69) is 39.4 Å². The number of hydrogen-bond acceptors (Lipinski definition) is 1. The molecular weight excluding hydrogens is 350 g/mol. The van der Waals surface area contributed by atoms with Crippen LogP contribution in [0.1, 0.15) is 40.0 Å². The van der Waals surface area contributed by atoms with Gasteiger partial charge in [0.05, 0.1) is 16.6 Å². The maximum Gasteiger partial charge on any atom is 0.253 e. The molecule has 1 atom stereocenters. The van der Waals surface area contributed by atoms with Crippen molar-refractivity contribution < 1.29 is 4.79 Å². The Bertz CT molecular complexity index is 684. The van der Waals surface area contributed by atoms with Gasteiger partial charge < -0.3 is 5.32 Å². The maximum atomic E-state index is 12.4. The second-order valence-corrected chi connectivity index (χ2v) is 6.50. The van der Waals surface area contributed by atoms with Gasteiger partial charge in [0.2, 0.25) is 0 Å². The Labute approximate surface area is 138 Å². The average molecular weight is 367 g/mol. The fraction of sp³-hybridized carbons (Fsp3) is 0.235. The molecule has 0 saturated carbocycles. The van der Waals surface area contributed by atoms with E-state index in [4.69, 9.17) is 11.6 Å². The highest BCUT2D eigenvalue weighted by molar-refractivity contribution is 9.10. The molecule has 0 saturated heterocycles. The van der Waals surface area contributed by atoms with Crippen LogP contribution in [0.3, 0.4) is 0 Å². The second-order valence-electron chi connectivity index (χ2n) is 5.18. The standard InChI is InChI=1S/C17H17BrClNO/c1-10-4-5-11(2)14(8-10)12(3)20-17(21)15-9-13(18)6-7-16(15)19/h4-9,12H,1-3H3,(H,20,21)/t12-/m1/s1. The Morgan fingerprint density at radius 2 is 1.90 bits per heavy atom. The number of carbonyl (C=O) groups is 1. The van der Waals surface area contributed by atoms with Crippen LogP contribution >= 0.6 is 27.5 Å². The van der Waals surface area contributed by atoms with Gasteiger partial charge in [-0.05, 0) is 50.1 Å². The number of amides is 1. The predicted octanol–water partition coefficient (Wildman–Crippen LogP) is 5.21. The molecule has 0 fully saturated rings. The zero-order valence-electron chi connectivity index (χ0n) is 12.2. The number of nitrogens with one attached hydrogen (secondary N) is 1. The summed E-state index contributed by atoms with van der Waals surface area (Å²) in [5.74, 6) is -0.172. The van der Waals surface area contributed by atoms with Gasteiger partial charge in [0, 0.05) is 4.47 Å². The smallest absolute Gasteiger partial charge is 0.253 e. The highest BCUT2D eigenvalue weighted by Crippen LogP contribution is 2.23. The van der Waals surface area contributed by atoms with E-state index in [0.29, 0.717) is 10.6 Å². The van der Waals surface area contributed by atoms with E-state index >= 15 is 0 Å². The Kier molecular flexibility index (Phi) is 5.07. The van der Waals surface area contributed by atoms with Crippen molar-refractivity contribution in [2.45, 2.75) is 26.8 Å². The van der Waals surface area contributed by atoms with Crippen LogP contribution < -0.4 is 5.32 Å². The van der Waals surface area contributed by atoms with E-state index in [1.165, 1.54) is 5.56 Å².